The van der Waals surface area contributed by atoms with Gasteiger partial charge in [-0.1, -0.05) is 6.58 Å². The van der Waals surface area contributed by atoms with E-state index in [1.54, 1.807) is 6.92 Å². The van der Waals surface area contributed by atoms with Crippen LogP contribution in [0.2, 0.25) is 0 Å². The second kappa shape index (κ2) is 7.70. The Balaban J connectivity index is 3.86. The number of carboxylic acid groups (broad SMARTS) is 1. The zero-order chi connectivity index (χ0) is 12.6. The summed E-state index contributed by atoms with van der Waals surface area (Å²) in [6.07, 6.45) is -1.10. The third-order valence-corrected chi connectivity index (χ3v) is 1.43. The molecule has 16 heavy (non-hydrogen) atoms. The van der Waals surface area contributed by atoms with Gasteiger partial charge in [0.05, 0.1) is 18.8 Å². The molecule has 0 saturated carbocycles. The van der Waals surface area contributed by atoms with Crippen LogP contribution in [0.5, 0.6) is 0 Å². The minimum Gasteiger partial charge on any atom is -0.481 e. The van der Waals surface area contributed by atoms with Crippen LogP contribution in [0.4, 0.5) is 0 Å². The Morgan fingerprint density at radius 1 is 1.38 bits per heavy atom. The predicted molar refractivity (Wildman–Crippen MR) is 54.5 cm³/mol. The summed E-state index contributed by atoms with van der Waals surface area (Å²) in [5.41, 5.74) is 0. The van der Waals surface area contributed by atoms with Crippen molar-refractivity contribution in [3.05, 3.63) is 12.3 Å². The Bertz CT molecular complexity index is 244. The van der Waals surface area contributed by atoms with Crippen LogP contribution >= 0.6 is 0 Å². The van der Waals surface area contributed by atoms with E-state index in [4.69, 9.17) is 19.3 Å². The van der Waals surface area contributed by atoms with Gasteiger partial charge in [-0.2, -0.15) is 0 Å². The molecule has 0 aromatic carbocycles. The normalized spacial score (nSPS) is 11.6. The highest BCUT2D eigenvalue weighted by Gasteiger charge is 2.16. The molecule has 0 bridgehead atoms. The fraction of sp³-hybridized carbons (Fsp3) is 0.600. The van der Waals surface area contributed by atoms with Crippen molar-refractivity contribution in [2.24, 2.45) is 0 Å². The second-order valence-electron chi connectivity index (χ2n) is 3.16. The van der Waals surface area contributed by atoms with Crippen LogP contribution in [-0.4, -0.2) is 36.5 Å². The first-order valence-electron chi connectivity index (χ1n) is 4.67. The quantitative estimate of drug-likeness (QED) is 0.290. The van der Waals surface area contributed by atoms with Crippen LogP contribution in [0, 0.1) is 0 Å². The summed E-state index contributed by atoms with van der Waals surface area (Å²) in [4.78, 5) is 21.1. The maximum atomic E-state index is 10.7. The van der Waals surface area contributed by atoms with E-state index in [2.05, 4.69) is 6.58 Å². The average Bonchev–Trinajstić information content (AvgIpc) is 2.09. The van der Waals surface area contributed by atoms with Crippen molar-refractivity contribution in [2.75, 3.05) is 13.4 Å². The van der Waals surface area contributed by atoms with Gasteiger partial charge in [-0.15, -0.1) is 0 Å². The van der Waals surface area contributed by atoms with Crippen LogP contribution in [0.25, 0.3) is 0 Å². The molecule has 0 rings (SSSR count). The van der Waals surface area contributed by atoms with Crippen molar-refractivity contribution in [2.45, 2.75) is 26.4 Å². The number of carboxylic acids is 1. The largest absolute Gasteiger partial charge is 0.481 e. The number of hydrogen-bond acceptors (Lipinski definition) is 5. The van der Waals surface area contributed by atoms with E-state index in [9.17, 15) is 9.59 Å². The minimum absolute atomic E-state index is 0.0286. The van der Waals surface area contributed by atoms with E-state index in [1.807, 2.05) is 0 Å². The lowest BCUT2D eigenvalue weighted by Crippen LogP contribution is -2.25. The fourth-order valence-corrected chi connectivity index (χ4v) is 0.886. The Morgan fingerprint density at radius 2 is 2.00 bits per heavy atom. The first-order chi connectivity index (χ1) is 7.41. The molecule has 0 fully saturated rings. The van der Waals surface area contributed by atoms with Gasteiger partial charge in [0, 0.05) is 6.92 Å². The van der Waals surface area contributed by atoms with Crippen molar-refractivity contribution < 1.29 is 28.9 Å². The maximum absolute atomic E-state index is 10.7. The highest BCUT2D eigenvalue weighted by molar-refractivity contribution is 5.69. The van der Waals surface area contributed by atoms with E-state index >= 15 is 0 Å². The molecule has 6 nitrogen and oxygen atoms in total. The Kier molecular flexibility index (Phi) is 6.95. The molecule has 0 radical (unpaired) electrons. The molecular weight excluding hydrogens is 216 g/mol. The van der Waals surface area contributed by atoms with Crippen LogP contribution in [-0.2, 0) is 23.8 Å². The summed E-state index contributed by atoms with van der Waals surface area (Å²) in [5, 5.41) is 8.55. The number of allylic oxidation sites excluding steroid dienone is 1. The molecule has 0 aliphatic heterocycles. The summed E-state index contributed by atoms with van der Waals surface area (Å²) >= 11 is 0. The summed E-state index contributed by atoms with van der Waals surface area (Å²) in [6.45, 7) is 6.27. The number of carbonyl (C=O) groups excluding carboxylic acids is 1. The molecule has 0 spiro atoms. The molecule has 1 unspecified atom stereocenters. The van der Waals surface area contributed by atoms with Gasteiger partial charge in [-0.3, -0.25) is 9.59 Å². The maximum Gasteiger partial charge on any atom is 0.307 e. The SMILES string of the molecule is C=C(C)OCOCC(CC(=O)O)OC(C)=O. The van der Waals surface area contributed by atoms with Crippen molar-refractivity contribution in [1.29, 1.82) is 0 Å². The number of carbonyl (C=O) groups is 2. The lowest BCUT2D eigenvalue weighted by Gasteiger charge is -2.15. The predicted octanol–water partition coefficient (Wildman–Crippen LogP) is 0.917. The molecule has 0 aliphatic carbocycles. The summed E-state index contributed by atoms with van der Waals surface area (Å²) in [7, 11) is 0. The molecule has 0 heterocycles. The topological polar surface area (TPSA) is 82.1 Å². The monoisotopic (exact) mass is 232 g/mol. The summed E-state index contributed by atoms with van der Waals surface area (Å²) < 4.78 is 14.6. The zero-order valence-corrected chi connectivity index (χ0v) is 9.39. The number of hydrogen-bond donors (Lipinski definition) is 1. The van der Waals surface area contributed by atoms with Crippen LogP contribution in [0.3, 0.4) is 0 Å². The first-order valence-corrected chi connectivity index (χ1v) is 4.67. The van der Waals surface area contributed by atoms with Gasteiger partial charge in [0.15, 0.2) is 6.79 Å². The summed E-state index contributed by atoms with van der Waals surface area (Å²) in [5.74, 6) is -1.12. The van der Waals surface area contributed by atoms with Crippen molar-refractivity contribution in [3.63, 3.8) is 0 Å². The van der Waals surface area contributed by atoms with Crippen molar-refractivity contribution in [1.82, 2.24) is 0 Å². The van der Waals surface area contributed by atoms with Gasteiger partial charge in [0.2, 0.25) is 0 Å². The zero-order valence-electron chi connectivity index (χ0n) is 9.39. The molecule has 1 N–H and O–H groups in total. The minimum atomic E-state index is -1.06. The number of rotatable bonds is 8. The van der Waals surface area contributed by atoms with Crippen molar-refractivity contribution >= 4 is 11.9 Å². The third-order valence-electron chi connectivity index (χ3n) is 1.43. The number of ether oxygens (including phenoxy) is 3. The van der Waals surface area contributed by atoms with Crippen LogP contribution in [0.15, 0.2) is 12.3 Å². The molecule has 0 amide bonds. The van der Waals surface area contributed by atoms with Gasteiger partial charge >= 0.3 is 11.9 Å². The molecule has 6 heteroatoms. The number of aliphatic carboxylic acids is 1. The van der Waals surface area contributed by atoms with Gasteiger partial charge in [0.1, 0.15) is 6.10 Å². The van der Waals surface area contributed by atoms with E-state index in [-0.39, 0.29) is 19.8 Å². The third kappa shape index (κ3) is 9.01. The van der Waals surface area contributed by atoms with Gasteiger partial charge in [-0.05, 0) is 6.92 Å². The average molecular weight is 232 g/mol. The standard InChI is InChI=1S/C10H16O6/c1-7(2)15-6-14-5-9(4-10(12)13)16-8(3)11/h9H,1,4-6H2,2-3H3,(H,12,13). The molecule has 0 aliphatic rings. The highest BCUT2D eigenvalue weighted by atomic mass is 16.7. The van der Waals surface area contributed by atoms with Crippen LogP contribution in [0.1, 0.15) is 20.3 Å². The fourth-order valence-electron chi connectivity index (χ4n) is 0.886. The first kappa shape index (κ1) is 14.4. The van der Waals surface area contributed by atoms with Gasteiger partial charge < -0.3 is 19.3 Å². The van der Waals surface area contributed by atoms with E-state index in [1.165, 1.54) is 6.92 Å². The highest BCUT2D eigenvalue weighted by Crippen LogP contribution is 2.01. The Hall–Kier alpha value is -1.56. The van der Waals surface area contributed by atoms with Gasteiger partial charge in [-0.25, -0.2) is 0 Å². The Labute approximate surface area is 93.8 Å². The van der Waals surface area contributed by atoms with E-state index < -0.39 is 18.0 Å². The van der Waals surface area contributed by atoms with Crippen LogP contribution < -0.4 is 0 Å². The van der Waals surface area contributed by atoms with E-state index in [0.717, 1.165) is 0 Å². The molecule has 0 aromatic rings. The van der Waals surface area contributed by atoms with E-state index in [0.29, 0.717) is 5.76 Å². The lowest BCUT2D eigenvalue weighted by atomic mass is 10.3. The lowest BCUT2D eigenvalue weighted by molar-refractivity contribution is -0.156. The molecule has 92 valence electrons. The Morgan fingerprint density at radius 3 is 2.44 bits per heavy atom. The molecule has 0 aromatic heterocycles. The molecular formula is C10H16O6. The summed E-state index contributed by atoms with van der Waals surface area (Å²) in [6, 6.07) is 0. The number of esters is 1. The molecule has 0 saturated heterocycles. The second-order valence-corrected chi connectivity index (χ2v) is 3.16. The van der Waals surface area contributed by atoms with Gasteiger partial charge in [0.25, 0.3) is 0 Å². The van der Waals surface area contributed by atoms with Crippen molar-refractivity contribution in [3.8, 4) is 0 Å². The smallest absolute Gasteiger partial charge is 0.307 e. The molecule has 1 atom stereocenters.